The number of benzene rings is 1. The first-order valence-electron chi connectivity index (χ1n) is 12.9. The van der Waals surface area contributed by atoms with Gasteiger partial charge in [0, 0.05) is 63.7 Å². The highest BCUT2D eigenvalue weighted by Gasteiger charge is 2.26. The zero-order valence-electron chi connectivity index (χ0n) is 20.8. The van der Waals surface area contributed by atoms with Gasteiger partial charge in [-0.1, -0.05) is 23.2 Å². The molecule has 2 aromatic heterocycles. The van der Waals surface area contributed by atoms with Gasteiger partial charge in [-0.25, -0.2) is 4.39 Å². The van der Waals surface area contributed by atoms with Crippen molar-refractivity contribution in [1.82, 2.24) is 30.0 Å². The highest BCUT2D eigenvalue weighted by Crippen LogP contribution is 2.22. The molecule has 37 heavy (non-hydrogen) atoms. The van der Waals surface area contributed by atoms with Crippen LogP contribution >= 0.6 is 0 Å². The lowest BCUT2D eigenvalue weighted by atomic mass is 10.1. The molecule has 0 spiro atoms. The van der Waals surface area contributed by atoms with Crippen LogP contribution in [0.1, 0.15) is 54.3 Å². The first kappa shape index (κ1) is 25.1. The second kappa shape index (κ2) is 11.6. The number of carbonyl (C=O) groups excluding carboxylic acids is 2. The van der Waals surface area contributed by atoms with Crippen LogP contribution in [0, 0.1) is 5.82 Å². The van der Waals surface area contributed by atoms with Gasteiger partial charge in [0.25, 0.3) is 5.91 Å². The smallest absolute Gasteiger partial charge is 0.276 e. The predicted octanol–water partition coefficient (Wildman–Crippen LogP) is 3.16. The fraction of sp³-hybridized carbons (Fsp3) is 0.500. The number of likely N-dealkylation sites (tertiary alicyclic amines) is 1. The van der Waals surface area contributed by atoms with Gasteiger partial charge in [0.1, 0.15) is 5.82 Å². The minimum Gasteiger partial charge on any atom is -0.355 e. The van der Waals surface area contributed by atoms with Crippen molar-refractivity contribution >= 4 is 11.8 Å². The maximum atomic E-state index is 13.2. The molecule has 2 aliphatic heterocycles. The lowest BCUT2D eigenvalue weighted by molar-refractivity contribution is -0.131. The van der Waals surface area contributed by atoms with E-state index in [9.17, 15) is 14.0 Å². The molecule has 196 valence electrons. The van der Waals surface area contributed by atoms with Gasteiger partial charge in [-0.3, -0.25) is 14.5 Å². The Labute approximate surface area is 214 Å². The minimum absolute atomic E-state index is 0.152. The number of halogens is 1. The van der Waals surface area contributed by atoms with Crippen molar-refractivity contribution in [3.8, 4) is 11.3 Å². The number of carbonyl (C=O) groups is 2. The Bertz CT molecular complexity index is 1190. The van der Waals surface area contributed by atoms with Crippen LogP contribution in [0.25, 0.3) is 11.3 Å². The SMILES string of the molecule is O=C(CCc1nc(CN2CCN(C(=O)c3cc(-c4ccc(F)cc4)on3)CC2)no1)N1CCCCCC1. The van der Waals surface area contributed by atoms with Crippen LogP contribution < -0.4 is 0 Å². The molecule has 2 saturated heterocycles. The van der Waals surface area contributed by atoms with Gasteiger partial charge in [-0.05, 0) is 37.1 Å². The molecular weight excluding hydrogens is 479 g/mol. The van der Waals surface area contributed by atoms with Gasteiger partial charge in [0.15, 0.2) is 17.3 Å². The summed E-state index contributed by atoms with van der Waals surface area (Å²) in [4.78, 5) is 35.7. The monoisotopic (exact) mass is 510 g/mol. The summed E-state index contributed by atoms with van der Waals surface area (Å²) in [7, 11) is 0. The van der Waals surface area contributed by atoms with Crippen molar-refractivity contribution in [3.63, 3.8) is 0 Å². The molecule has 0 unspecified atom stereocenters. The first-order chi connectivity index (χ1) is 18.0. The number of hydrogen-bond acceptors (Lipinski definition) is 8. The van der Waals surface area contributed by atoms with E-state index in [1.807, 2.05) is 4.90 Å². The number of piperazine rings is 1. The lowest BCUT2D eigenvalue weighted by Crippen LogP contribution is -2.48. The molecule has 2 amide bonds. The molecule has 2 aliphatic rings. The standard InChI is InChI=1S/C26H31FN6O4/c27-20-7-5-19(6-8-20)22-17-21(29-36-22)26(35)33-15-13-31(14-16-33)18-23-28-24(37-30-23)9-10-25(34)32-11-3-1-2-4-12-32/h5-8,17H,1-4,9-16,18H2. The quantitative estimate of drug-likeness (QED) is 0.477. The van der Waals surface area contributed by atoms with Crippen molar-refractivity contribution in [3.05, 3.63) is 53.6 Å². The molecular formula is C26H31FN6O4. The van der Waals surface area contributed by atoms with Crippen molar-refractivity contribution < 1.29 is 23.0 Å². The third kappa shape index (κ3) is 6.40. The van der Waals surface area contributed by atoms with E-state index in [1.165, 1.54) is 25.0 Å². The van der Waals surface area contributed by atoms with E-state index in [0.29, 0.717) is 68.6 Å². The molecule has 1 aromatic carbocycles. The molecule has 0 N–H and O–H groups in total. The number of nitrogens with zero attached hydrogens (tertiary/aromatic N) is 6. The summed E-state index contributed by atoms with van der Waals surface area (Å²) >= 11 is 0. The van der Waals surface area contributed by atoms with Gasteiger partial charge < -0.3 is 18.8 Å². The normalized spacial score (nSPS) is 17.1. The maximum absolute atomic E-state index is 13.2. The van der Waals surface area contributed by atoms with Crippen LogP contribution in [-0.2, 0) is 17.8 Å². The highest BCUT2D eigenvalue weighted by molar-refractivity contribution is 5.93. The second-order valence-corrected chi connectivity index (χ2v) is 9.55. The molecule has 0 radical (unpaired) electrons. The van der Waals surface area contributed by atoms with E-state index in [2.05, 4.69) is 20.2 Å². The predicted molar refractivity (Wildman–Crippen MR) is 131 cm³/mol. The van der Waals surface area contributed by atoms with E-state index in [1.54, 1.807) is 23.1 Å². The van der Waals surface area contributed by atoms with Crippen LogP contribution in [0.15, 0.2) is 39.4 Å². The average Bonchev–Trinajstić information content (AvgIpc) is 3.50. The molecule has 4 heterocycles. The van der Waals surface area contributed by atoms with Gasteiger partial charge in [-0.2, -0.15) is 4.98 Å². The third-order valence-corrected chi connectivity index (χ3v) is 6.90. The van der Waals surface area contributed by atoms with Crippen LogP contribution in [-0.4, -0.2) is 81.1 Å². The first-order valence-corrected chi connectivity index (χ1v) is 12.9. The van der Waals surface area contributed by atoms with Gasteiger partial charge in [-0.15, -0.1) is 0 Å². The van der Waals surface area contributed by atoms with Crippen LogP contribution in [0.3, 0.4) is 0 Å². The zero-order chi connectivity index (χ0) is 25.6. The Balaban J connectivity index is 1.07. The fourth-order valence-corrected chi connectivity index (χ4v) is 4.75. The molecule has 0 saturated carbocycles. The van der Waals surface area contributed by atoms with E-state index < -0.39 is 0 Å². The van der Waals surface area contributed by atoms with E-state index in [-0.39, 0.29) is 23.3 Å². The largest absolute Gasteiger partial charge is 0.355 e. The molecule has 11 heteroatoms. The topological polar surface area (TPSA) is 109 Å². The maximum Gasteiger partial charge on any atom is 0.276 e. The Morgan fingerprint density at radius 1 is 0.865 bits per heavy atom. The number of aryl methyl sites for hydroxylation is 1. The summed E-state index contributed by atoms with van der Waals surface area (Å²) in [5.41, 5.74) is 0.883. The fourth-order valence-electron chi connectivity index (χ4n) is 4.75. The molecule has 3 aromatic rings. The summed E-state index contributed by atoms with van der Waals surface area (Å²) in [6, 6.07) is 7.42. The molecule has 5 rings (SSSR count). The van der Waals surface area contributed by atoms with Crippen molar-refractivity contribution in [1.29, 1.82) is 0 Å². The van der Waals surface area contributed by atoms with Crippen molar-refractivity contribution in [2.75, 3.05) is 39.3 Å². The number of aromatic nitrogens is 3. The number of amides is 2. The Hall–Kier alpha value is -3.60. The van der Waals surface area contributed by atoms with E-state index in [0.717, 1.165) is 25.9 Å². The summed E-state index contributed by atoms with van der Waals surface area (Å²) in [5, 5.41) is 7.99. The van der Waals surface area contributed by atoms with Crippen LogP contribution in [0.4, 0.5) is 4.39 Å². The number of hydrogen-bond donors (Lipinski definition) is 0. The number of rotatable bonds is 7. The van der Waals surface area contributed by atoms with Crippen LogP contribution in [0.2, 0.25) is 0 Å². The van der Waals surface area contributed by atoms with Crippen molar-refractivity contribution in [2.45, 2.75) is 45.1 Å². The minimum atomic E-state index is -0.340. The Morgan fingerprint density at radius 2 is 1.59 bits per heavy atom. The third-order valence-electron chi connectivity index (χ3n) is 6.90. The van der Waals surface area contributed by atoms with Crippen molar-refractivity contribution in [2.24, 2.45) is 0 Å². The van der Waals surface area contributed by atoms with Gasteiger partial charge >= 0.3 is 0 Å². The van der Waals surface area contributed by atoms with Gasteiger partial charge in [0.05, 0.1) is 6.54 Å². The Kier molecular flexibility index (Phi) is 7.88. The summed E-state index contributed by atoms with van der Waals surface area (Å²) in [6.45, 7) is 4.59. The second-order valence-electron chi connectivity index (χ2n) is 9.55. The summed E-state index contributed by atoms with van der Waals surface area (Å²) in [5.74, 6) is 1.09. The molecule has 10 nitrogen and oxygen atoms in total. The van der Waals surface area contributed by atoms with Crippen LogP contribution in [0.5, 0.6) is 0 Å². The average molecular weight is 511 g/mol. The Morgan fingerprint density at radius 3 is 2.32 bits per heavy atom. The highest BCUT2D eigenvalue weighted by atomic mass is 19.1. The zero-order valence-corrected chi connectivity index (χ0v) is 20.8. The molecule has 2 fully saturated rings. The summed E-state index contributed by atoms with van der Waals surface area (Å²) < 4.78 is 23.8. The molecule has 0 atom stereocenters. The summed E-state index contributed by atoms with van der Waals surface area (Å²) in [6.07, 6.45) is 5.36. The molecule has 0 aliphatic carbocycles. The van der Waals surface area contributed by atoms with E-state index in [4.69, 9.17) is 9.05 Å². The molecule has 0 bridgehead atoms. The van der Waals surface area contributed by atoms with Gasteiger partial charge in [0.2, 0.25) is 11.8 Å². The van der Waals surface area contributed by atoms with E-state index >= 15 is 0 Å². The lowest BCUT2D eigenvalue weighted by Gasteiger charge is -2.33.